The highest BCUT2D eigenvalue weighted by molar-refractivity contribution is 7.80. The summed E-state index contributed by atoms with van der Waals surface area (Å²) in [5, 5.41) is 0. The average Bonchev–Trinajstić information content (AvgIpc) is 2.37. The van der Waals surface area contributed by atoms with Crippen molar-refractivity contribution in [2.45, 2.75) is 6.92 Å². The highest BCUT2D eigenvalue weighted by Crippen LogP contribution is 2.12. The van der Waals surface area contributed by atoms with Crippen LogP contribution in [0, 0.1) is 5.92 Å². The van der Waals surface area contributed by atoms with Gasteiger partial charge in [0.05, 0.1) is 18.7 Å². The van der Waals surface area contributed by atoms with E-state index in [2.05, 4.69) is 9.72 Å². The van der Waals surface area contributed by atoms with E-state index < -0.39 is 0 Å². The molecule has 0 saturated carbocycles. The molecular formula is C12H17N3O2S. The summed E-state index contributed by atoms with van der Waals surface area (Å²) in [5.41, 5.74) is 6.10. The molecule has 2 N–H and O–H groups in total. The fraction of sp³-hybridized carbons (Fsp3) is 0.417. The predicted molar refractivity (Wildman–Crippen MR) is 74.6 cm³/mol. The van der Waals surface area contributed by atoms with E-state index in [9.17, 15) is 4.79 Å². The van der Waals surface area contributed by atoms with Crippen molar-refractivity contribution < 1.29 is 9.53 Å². The van der Waals surface area contributed by atoms with E-state index in [1.807, 2.05) is 24.1 Å². The summed E-state index contributed by atoms with van der Waals surface area (Å²) in [6.45, 7) is 2.32. The van der Waals surface area contributed by atoms with Crippen LogP contribution in [0.15, 0.2) is 18.2 Å². The van der Waals surface area contributed by atoms with Crippen LogP contribution in [0.25, 0.3) is 0 Å². The van der Waals surface area contributed by atoms with Crippen molar-refractivity contribution in [3.05, 3.63) is 23.9 Å². The van der Waals surface area contributed by atoms with Crippen LogP contribution >= 0.6 is 12.2 Å². The molecule has 5 nitrogen and oxygen atoms in total. The number of pyridine rings is 1. The number of hydrogen-bond donors (Lipinski definition) is 1. The molecule has 0 aliphatic heterocycles. The Morgan fingerprint density at radius 3 is 2.83 bits per heavy atom. The van der Waals surface area contributed by atoms with Gasteiger partial charge in [-0.15, -0.1) is 0 Å². The molecule has 1 rings (SSSR count). The van der Waals surface area contributed by atoms with Crippen LogP contribution < -0.4 is 10.6 Å². The largest absolute Gasteiger partial charge is 0.469 e. The van der Waals surface area contributed by atoms with E-state index in [4.69, 9.17) is 18.0 Å². The maximum atomic E-state index is 11.3. The number of carbonyl (C=O) groups excluding carboxylic acids is 1. The van der Waals surface area contributed by atoms with Gasteiger partial charge in [0, 0.05) is 13.6 Å². The van der Waals surface area contributed by atoms with Crippen molar-refractivity contribution in [2.24, 2.45) is 11.7 Å². The third-order valence-corrected chi connectivity index (χ3v) is 2.74. The average molecular weight is 267 g/mol. The van der Waals surface area contributed by atoms with Gasteiger partial charge in [0.1, 0.15) is 10.8 Å². The molecule has 0 aliphatic rings. The second kappa shape index (κ2) is 6.30. The standard InChI is InChI=1S/C12H17N3O2S/c1-8(12(16)17-3)7-15(2)10-6-4-5-9(14-10)11(13)18/h4-6,8H,7H2,1-3H3,(H2,13,18). The smallest absolute Gasteiger partial charge is 0.310 e. The van der Waals surface area contributed by atoms with Crippen LogP contribution in [0.4, 0.5) is 5.82 Å². The number of nitrogens with zero attached hydrogens (tertiary/aromatic N) is 2. The lowest BCUT2D eigenvalue weighted by atomic mass is 10.2. The Kier molecular flexibility index (Phi) is 5.03. The monoisotopic (exact) mass is 267 g/mol. The lowest BCUT2D eigenvalue weighted by molar-refractivity contribution is -0.144. The second-order valence-electron chi connectivity index (χ2n) is 4.05. The van der Waals surface area contributed by atoms with Gasteiger partial charge >= 0.3 is 5.97 Å². The van der Waals surface area contributed by atoms with E-state index in [0.717, 1.165) is 5.82 Å². The Bertz CT molecular complexity index is 451. The van der Waals surface area contributed by atoms with Crippen molar-refractivity contribution in [1.29, 1.82) is 0 Å². The first-order valence-corrected chi connectivity index (χ1v) is 5.92. The van der Waals surface area contributed by atoms with Gasteiger partial charge in [-0.05, 0) is 12.1 Å². The molecule has 1 aromatic rings. The van der Waals surface area contributed by atoms with Gasteiger partial charge in [-0.3, -0.25) is 4.79 Å². The normalized spacial score (nSPS) is 11.7. The van der Waals surface area contributed by atoms with Crippen molar-refractivity contribution >= 4 is 29.0 Å². The van der Waals surface area contributed by atoms with E-state index >= 15 is 0 Å². The van der Waals surface area contributed by atoms with Gasteiger partial charge in [0.25, 0.3) is 0 Å². The van der Waals surface area contributed by atoms with Crippen molar-refractivity contribution in [1.82, 2.24) is 4.98 Å². The number of carbonyl (C=O) groups is 1. The molecule has 0 aliphatic carbocycles. The lowest BCUT2D eigenvalue weighted by Gasteiger charge is -2.21. The van der Waals surface area contributed by atoms with Crippen LogP contribution in [-0.4, -0.2) is 36.6 Å². The van der Waals surface area contributed by atoms with E-state index in [1.54, 1.807) is 13.0 Å². The predicted octanol–water partition coefficient (Wildman–Crippen LogP) is 0.961. The summed E-state index contributed by atoms with van der Waals surface area (Å²) in [6, 6.07) is 5.42. The number of methoxy groups -OCH3 is 1. The minimum Gasteiger partial charge on any atom is -0.469 e. The summed E-state index contributed by atoms with van der Waals surface area (Å²) < 4.78 is 4.68. The topological polar surface area (TPSA) is 68.5 Å². The van der Waals surface area contributed by atoms with Gasteiger partial charge in [0.2, 0.25) is 0 Å². The molecule has 1 heterocycles. The summed E-state index contributed by atoms with van der Waals surface area (Å²) in [6.07, 6.45) is 0. The third-order valence-electron chi connectivity index (χ3n) is 2.53. The van der Waals surface area contributed by atoms with Gasteiger partial charge in [-0.2, -0.15) is 0 Å². The lowest BCUT2D eigenvalue weighted by Crippen LogP contribution is -2.30. The molecule has 98 valence electrons. The number of anilines is 1. The van der Waals surface area contributed by atoms with Crippen LogP contribution in [-0.2, 0) is 9.53 Å². The zero-order valence-electron chi connectivity index (χ0n) is 10.7. The fourth-order valence-corrected chi connectivity index (χ4v) is 1.67. The Balaban J connectivity index is 2.78. The summed E-state index contributed by atoms with van der Waals surface area (Å²) >= 11 is 4.88. The van der Waals surface area contributed by atoms with E-state index in [-0.39, 0.29) is 16.9 Å². The Labute approximate surface area is 112 Å². The minimum absolute atomic E-state index is 0.227. The zero-order chi connectivity index (χ0) is 13.7. The van der Waals surface area contributed by atoms with Gasteiger partial charge in [-0.25, -0.2) is 4.98 Å². The van der Waals surface area contributed by atoms with Crippen molar-refractivity contribution in [3.8, 4) is 0 Å². The molecule has 1 atom stereocenters. The molecule has 0 spiro atoms. The molecule has 0 amide bonds. The first-order chi connectivity index (χ1) is 8.45. The molecule has 0 aromatic carbocycles. The Hall–Kier alpha value is -1.69. The molecule has 6 heteroatoms. The number of ether oxygens (including phenoxy) is 1. The molecular weight excluding hydrogens is 250 g/mol. The van der Waals surface area contributed by atoms with E-state index in [1.165, 1.54) is 7.11 Å². The first kappa shape index (κ1) is 14.4. The molecule has 18 heavy (non-hydrogen) atoms. The highest BCUT2D eigenvalue weighted by Gasteiger charge is 2.16. The van der Waals surface area contributed by atoms with Crippen molar-refractivity contribution in [2.75, 3.05) is 25.6 Å². The minimum atomic E-state index is -0.243. The number of nitrogens with two attached hydrogens (primary N) is 1. The molecule has 0 saturated heterocycles. The summed E-state index contributed by atoms with van der Waals surface area (Å²) in [5.74, 6) is 0.249. The van der Waals surface area contributed by atoms with Crippen molar-refractivity contribution in [3.63, 3.8) is 0 Å². The Morgan fingerprint density at radius 2 is 2.28 bits per heavy atom. The number of thiocarbonyl (C=S) groups is 1. The maximum Gasteiger partial charge on any atom is 0.310 e. The highest BCUT2D eigenvalue weighted by atomic mass is 32.1. The van der Waals surface area contributed by atoms with Gasteiger partial charge in [0.15, 0.2) is 0 Å². The van der Waals surface area contributed by atoms with Gasteiger partial charge < -0.3 is 15.4 Å². The number of aromatic nitrogens is 1. The molecule has 0 bridgehead atoms. The SMILES string of the molecule is COC(=O)C(C)CN(C)c1cccc(C(N)=S)n1. The first-order valence-electron chi connectivity index (χ1n) is 5.51. The second-order valence-corrected chi connectivity index (χ2v) is 4.49. The fourth-order valence-electron chi connectivity index (χ4n) is 1.55. The third kappa shape index (κ3) is 3.66. The Morgan fingerprint density at radius 1 is 1.61 bits per heavy atom. The number of esters is 1. The summed E-state index contributed by atoms with van der Waals surface area (Å²) in [7, 11) is 3.23. The molecule has 0 fully saturated rings. The van der Waals surface area contributed by atoms with Crippen LogP contribution in [0.3, 0.4) is 0 Å². The molecule has 0 radical (unpaired) electrons. The zero-order valence-corrected chi connectivity index (χ0v) is 11.5. The quantitative estimate of drug-likeness (QED) is 0.633. The van der Waals surface area contributed by atoms with Crippen LogP contribution in [0.2, 0.25) is 0 Å². The van der Waals surface area contributed by atoms with Crippen LogP contribution in [0.5, 0.6) is 0 Å². The number of hydrogen-bond acceptors (Lipinski definition) is 5. The molecule has 1 aromatic heterocycles. The van der Waals surface area contributed by atoms with Crippen LogP contribution in [0.1, 0.15) is 12.6 Å². The number of rotatable bonds is 5. The maximum absolute atomic E-state index is 11.3. The molecule has 1 unspecified atom stereocenters. The van der Waals surface area contributed by atoms with Gasteiger partial charge in [-0.1, -0.05) is 25.2 Å². The summed E-state index contributed by atoms with van der Waals surface area (Å²) in [4.78, 5) is 17.8. The van der Waals surface area contributed by atoms with E-state index in [0.29, 0.717) is 12.2 Å².